The van der Waals surface area contributed by atoms with Crippen LogP contribution in [0.25, 0.3) is 0 Å². The minimum Gasteiger partial charge on any atom is -0.481 e. The van der Waals surface area contributed by atoms with Crippen molar-refractivity contribution in [3.63, 3.8) is 0 Å². The molecule has 15 heavy (non-hydrogen) atoms. The molecule has 0 amide bonds. The van der Waals surface area contributed by atoms with Crippen molar-refractivity contribution in [2.24, 2.45) is 0 Å². The molecule has 0 rings (SSSR count). The second-order valence-corrected chi connectivity index (χ2v) is 2.80. The van der Waals surface area contributed by atoms with Crippen molar-refractivity contribution in [1.29, 1.82) is 0 Å². The van der Waals surface area contributed by atoms with E-state index in [9.17, 15) is 9.59 Å². The number of hydrogen-bond acceptors (Lipinski definition) is 4. The van der Waals surface area contributed by atoms with E-state index in [1.807, 2.05) is 0 Å². The highest BCUT2D eigenvalue weighted by atomic mass is 16.4. The molecule has 6 nitrogen and oxygen atoms in total. The summed E-state index contributed by atoms with van der Waals surface area (Å²) in [6.45, 7) is 0.390. The fraction of sp³-hybridized carbons (Fsp3) is 0.778. The van der Waals surface area contributed by atoms with Gasteiger partial charge in [0.2, 0.25) is 0 Å². The molecular formula is C9H18O6. The van der Waals surface area contributed by atoms with Crippen molar-refractivity contribution in [3.8, 4) is 0 Å². The quantitative estimate of drug-likeness (QED) is 0.453. The molecule has 0 aliphatic heterocycles. The molecule has 0 saturated heterocycles. The number of rotatable bonds is 7. The molecule has 90 valence electrons. The Morgan fingerprint density at radius 1 is 0.733 bits per heavy atom. The van der Waals surface area contributed by atoms with Gasteiger partial charge in [0.1, 0.15) is 0 Å². The first-order valence-corrected chi connectivity index (χ1v) is 4.70. The van der Waals surface area contributed by atoms with Crippen LogP contribution >= 0.6 is 0 Å². The molecule has 0 aliphatic rings. The lowest BCUT2D eigenvalue weighted by molar-refractivity contribution is -0.138. The van der Waals surface area contributed by atoms with Gasteiger partial charge in [0.25, 0.3) is 0 Å². The van der Waals surface area contributed by atoms with Crippen LogP contribution in [0, 0.1) is 0 Å². The molecule has 0 saturated carbocycles. The molecule has 0 atom stereocenters. The molecule has 0 aromatic rings. The van der Waals surface area contributed by atoms with Gasteiger partial charge in [-0.2, -0.15) is 0 Å². The fourth-order valence-electron chi connectivity index (χ4n) is 0.614. The number of hydrogen-bond donors (Lipinski definition) is 4. The zero-order valence-electron chi connectivity index (χ0n) is 8.56. The van der Waals surface area contributed by atoms with Crippen molar-refractivity contribution < 1.29 is 30.0 Å². The topological polar surface area (TPSA) is 115 Å². The maximum absolute atomic E-state index is 9.79. The highest BCUT2D eigenvalue weighted by Gasteiger charge is 1.99. The van der Waals surface area contributed by atoms with Crippen LogP contribution in [0.15, 0.2) is 0 Å². The maximum atomic E-state index is 9.79. The van der Waals surface area contributed by atoms with Gasteiger partial charge in [-0.25, -0.2) is 0 Å². The molecule has 4 N–H and O–H groups in total. The van der Waals surface area contributed by atoms with Gasteiger partial charge in [0.15, 0.2) is 0 Å². The predicted molar refractivity (Wildman–Crippen MR) is 52.5 cm³/mol. The summed E-state index contributed by atoms with van der Waals surface area (Å²) in [5, 5.41) is 32.2. The van der Waals surface area contributed by atoms with E-state index in [-0.39, 0.29) is 32.5 Å². The second-order valence-electron chi connectivity index (χ2n) is 2.80. The minimum atomic E-state index is -0.948. The van der Waals surface area contributed by atoms with Crippen LogP contribution in [0.5, 0.6) is 0 Å². The third-order valence-corrected chi connectivity index (χ3v) is 1.35. The molecule has 0 unspecified atom stereocenters. The maximum Gasteiger partial charge on any atom is 0.303 e. The van der Waals surface area contributed by atoms with Gasteiger partial charge >= 0.3 is 11.9 Å². The molecule has 0 heterocycles. The van der Waals surface area contributed by atoms with Gasteiger partial charge in [-0.1, -0.05) is 0 Å². The zero-order valence-corrected chi connectivity index (χ0v) is 8.56. The van der Waals surface area contributed by atoms with Gasteiger partial charge in [-0.15, -0.1) is 0 Å². The van der Waals surface area contributed by atoms with Gasteiger partial charge in [-0.3, -0.25) is 9.59 Å². The van der Waals surface area contributed by atoms with Crippen molar-refractivity contribution in [1.82, 2.24) is 0 Å². The Labute approximate surface area is 88.2 Å². The molecular weight excluding hydrogens is 204 g/mol. The van der Waals surface area contributed by atoms with E-state index in [1.165, 1.54) is 0 Å². The van der Waals surface area contributed by atoms with E-state index in [2.05, 4.69) is 0 Å². The predicted octanol–water partition coefficient (Wildman–Crippen LogP) is 0.0771. The summed E-state index contributed by atoms with van der Waals surface area (Å²) in [5.74, 6) is -1.90. The molecule has 0 aromatic carbocycles. The Kier molecular flexibility index (Phi) is 14.0. The Bertz CT molecular complexity index is 150. The largest absolute Gasteiger partial charge is 0.481 e. The monoisotopic (exact) mass is 222 g/mol. The summed E-state index contributed by atoms with van der Waals surface area (Å²) >= 11 is 0. The van der Waals surface area contributed by atoms with Crippen molar-refractivity contribution >= 4 is 11.9 Å². The molecule has 6 heteroatoms. The summed E-state index contributed by atoms with van der Waals surface area (Å²) in [6, 6.07) is 0. The van der Waals surface area contributed by atoms with Gasteiger partial charge in [0.05, 0.1) is 0 Å². The SMILES string of the molecule is O=C(O)CCCC(=O)O.OCCCCO. The Morgan fingerprint density at radius 3 is 1.27 bits per heavy atom. The Morgan fingerprint density at radius 2 is 1.07 bits per heavy atom. The smallest absolute Gasteiger partial charge is 0.303 e. The second kappa shape index (κ2) is 12.9. The first-order valence-electron chi connectivity index (χ1n) is 4.70. The van der Waals surface area contributed by atoms with Crippen LogP contribution in [0.1, 0.15) is 32.1 Å². The van der Waals surface area contributed by atoms with Crippen LogP contribution < -0.4 is 0 Å². The highest BCUT2D eigenvalue weighted by Crippen LogP contribution is 1.93. The first kappa shape index (κ1) is 16.3. The number of aliphatic hydroxyl groups excluding tert-OH is 2. The third kappa shape index (κ3) is 24.6. The van der Waals surface area contributed by atoms with Crippen molar-refractivity contribution in [3.05, 3.63) is 0 Å². The lowest BCUT2D eigenvalue weighted by atomic mass is 10.2. The average molecular weight is 222 g/mol. The van der Waals surface area contributed by atoms with Gasteiger partial charge in [-0.05, 0) is 19.3 Å². The lowest BCUT2D eigenvalue weighted by Gasteiger charge is -1.89. The van der Waals surface area contributed by atoms with E-state index < -0.39 is 11.9 Å². The van der Waals surface area contributed by atoms with Crippen LogP contribution in [0.2, 0.25) is 0 Å². The molecule has 0 radical (unpaired) electrons. The van der Waals surface area contributed by atoms with E-state index >= 15 is 0 Å². The summed E-state index contributed by atoms with van der Waals surface area (Å²) in [6.07, 6.45) is 1.52. The van der Waals surface area contributed by atoms with Crippen LogP contribution in [-0.4, -0.2) is 45.6 Å². The van der Waals surface area contributed by atoms with Crippen LogP contribution in [0.3, 0.4) is 0 Å². The zero-order chi connectivity index (χ0) is 12.1. The highest BCUT2D eigenvalue weighted by molar-refractivity contribution is 5.69. The van der Waals surface area contributed by atoms with Crippen molar-refractivity contribution in [2.75, 3.05) is 13.2 Å². The number of carboxylic acids is 2. The first-order chi connectivity index (χ1) is 7.04. The van der Waals surface area contributed by atoms with Gasteiger partial charge < -0.3 is 20.4 Å². The fourth-order valence-corrected chi connectivity index (χ4v) is 0.614. The molecule has 0 spiro atoms. The summed E-state index contributed by atoms with van der Waals surface area (Å²) in [7, 11) is 0. The minimum absolute atomic E-state index is 0.0632. The normalized spacial score (nSPS) is 8.93. The lowest BCUT2D eigenvalue weighted by Crippen LogP contribution is -1.98. The standard InChI is InChI=1S/C5H8O4.C4H10O2/c6-4(7)2-1-3-5(8)9;5-3-1-2-4-6/h1-3H2,(H,6,7)(H,8,9);5-6H,1-4H2. The van der Waals surface area contributed by atoms with Crippen LogP contribution in [-0.2, 0) is 9.59 Å². The van der Waals surface area contributed by atoms with Gasteiger partial charge in [0, 0.05) is 26.1 Å². The number of carboxylic acid groups (broad SMARTS) is 2. The number of aliphatic carboxylic acids is 2. The summed E-state index contributed by atoms with van der Waals surface area (Å²) in [4.78, 5) is 19.6. The Hall–Kier alpha value is -1.14. The van der Waals surface area contributed by atoms with E-state index in [1.54, 1.807) is 0 Å². The van der Waals surface area contributed by atoms with Crippen LogP contribution in [0.4, 0.5) is 0 Å². The number of carbonyl (C=O) groups is 2. The molecule has 0 aliphatic carbocycles. The Balaban J connectivity index is 0. The van der Waals surface area contributed by atoms with E-state index in [0.717, 1.165) is 12.8 Å². The number of aliphatic hydroxyl groups is 2. The van der Waals surface area contributed by atoms with E-state index in [0.29, 0.717) is 0 Å². The molecule has 0 fully saturated rings. The summed E-state index contributed by atoms with van der Waals surface area (Å²) in [5.41, 5.74) is 0. The molecule has 0 bridgehead atoms. The average Bonchev–Trinajstić information content (AvgIpc) is 2.14. The summed E-state index contributed by atoms with van der Waals surface area (Å²) < 4.78 is 0. The van der Waals surface area contributed by atoms with E-state index in [4.69, 9.17) is 20.4 Å². The van der Waals surface area contributed by atoms with Crippen molar-refractivity contribution in [2.45, 2.75) is 32.1 Å². The third-order valence-electron chi connectivity index (χ3n) is 1.35. The molecule has 0 aromatic heterocycles. The number of unbranched alkanes of at least 4 members (excludes halogenated alkanes) is 1.